The number of hydrogen-bond acceptors (Lipinski definition) is 33. The van der Waals surface area contributed by atoms with Gasteiger partial charge in [0.2, 0.25) is 5.91 Å². The Kier molecular flexibility index (Phi) is 44.2. The van der Waals surface area contributed by atoms with Gasteiger partial charge in [-0.2, -0.15) is 0 Å². The number of aliphatic hydroxyl groups is 7. The van der Waals surface area contributed by atoms with Crippen molar-refractivity contribution in [2.24, 2.45) is 17.6 Å². The predicted molar refractivity (Wildman–Crippen MR) is 516 cm³/mol. The summed E-state index contributed by atoms with van der Waals surface area (Å²) in [5, 5.41) is 95.6. The van der Waals surface area contributed by atoms with Crippen LogP contribution in [0.15, 0.2) is 231 Å². The molecule has 0 aromatic heterocycles. The van der Waals surface area contributed by atoms with Crippen LogP contribution in [-0.2, 0) is 134 Å². The maximum absolute atomic E-state index is 13.5. The number of alkyl carbamates (subject to hydrolysis) is 5. The second-order valence-electron chi connectivity index (χ2n) is 36.1. The average molecular weight is 2010 g/mol. The van der Waals surface area contributed by atoms with E-state index in [1.807, 2.05) is 211 Å². The summed E-state index contributed by atoms with van der Waals surface area (Å²) in [6.07, 6.45) is -12.9. The fourth-order valence-electron chi connectivity index (χ4n) is 17.2. The Hall–Kier alpha value is -11.2. The number of amides is 6. The van der Waals surface area contributed by atoms with Gasteiger partial charge in [0.15, 0.2) is 37.7 Å². The molecular weight excluding hydrogens is 1870 g/mol. The van der Waals surface area contributed by atoms with Gasteiger partial charge in [0.05, 0.1) is 62.0 Å². The summed E-state index contributed by atoms with van der Waals surface area (Å²) in [7, 11) is 0. The Labute approximate surface area is 836 Å². The molecule has 6 aromatic rings. The number of nitrogens with one attached hydrogen (secondary N) is 6. The summed E-state index contributed by atoms with van der Waals surface area (Å²) in [4.78, 5) is 88.2. The molecule has 0 bridgehead atoms. The molecule has 6 amide bonds. The molecule has 2 saturated heterocycles. The van der Waals surface area contributed by atoms with Gasteiger partial charge in [-0.25, -0.2) is 24.0 Å². The lowest BCUT2D eigenvalue weighted by Gasteiger charge is -2.46. The molecule has 14 rings (SSSR count). The van der Waals surface area contributed by atoms with Crippen LogP contribution in [0.25, 0.3) is 0 Å². The van der Waals surface area contributed by atoms with Crippen LogP contribution in [0.1, 0.15) is 127 Å². The number of rotatable bonds is 39. The normalized spacial score (nSPS) is 31.1. The topological polar surface area (TPSA) is 525 Å². The largest absolute Gasteiger partial charge is 0.461 e. The zero-order valence-electron chi connectivity index (χ0n) is 81.6. The van der Waals surface area contributed by atoms with E-state index in [1.54, 1.807) is 61.6 Å². The van der Waals surface area contributed by atoms with E-state index in [9.17, 15) is 69.3 Å². The van der Waals surface area contributed by atoms with Gasteiger partial charge in [-0.3, -0.25) is 9.59 Å². The first-order chi connectivity index (χ1) is 69.7. The van der Waals surface area contributed by atoms with Crippen LogP contribution in [0, 0.1) is 11.8 Å². The van der Waals surface area contributed by atoms with Gasteiger partial charge in [-0.1, -0.05) is 272 Å². The molecule has 0 radical (unpaired) electrons. The van der Waals surface area contributed by atoms with Crippen LogP contribution in [0.3, 0.4) is 0 Å². The van der Waals surface area contributed by atoms with E-state index in [0.717, 1.165) is 33.4 Å². The van der Waals surface area contributed by atoms with Gasteiger partial charge < -0.3 is 159 Å². The van der Waals surface area contributed by atoms with Crippen molar-refractivity contribution in [3.8, 4) is 0 Å². The molecule has 784 valence electrons. The zero-order valence-corrected chi connectivity index (χ0v) is 81.6. The van der Waals surface area contributed by atoms with Crippen LogP contribution >= 0.6 is 0 Å². The average Bonchev–Trinajstić information content (AvgIpc) is 1.50. The van der Waals surface area contributed by atoms with E-state index in [1.165, 1.54) is 6.92 Å². The Balaban J connectivity index is 0.000000237. The minimum Gasteiger partial charge on any atom is -0.461 e. The highest BCUT2D eigenvalue weighted by Gasteiger charge is 2.56. The van der Waals surface area contributed by atoms with Crippen LogP contribution in [0.2, 0.25) is 0 Å². The first-order valence-electron chi connectivity index (χ1n) is 48.9. The standard InChI is InChI=1S/C54H70N4O17.C42H57N3O13.C9H10O2/c1-4-36-21-23-38(57-53(65)68-30-34-17-11-7-12-18-34)49(70-36)73-45-32(3)27-40(56-48(63)41(60)25-26-55-52(64)67-29-33-15-9-6-10-16-33)43(61)47(45)75-51-44(62)46(42(28-59)72-51)74-50-39(24-22-37(5-2)71-50)58-54(66)69-31-35-19-13-8-14-20-35;1-4-27-16-18-30(44-41(49)51-22-25-12-8-6-9-13-25)38(53-27)56-35-24(3)20-29(43)33(47)37(35)58-40-34(48)36(32(21-46)55-40)57-39-31(19-17-28(5-2)54-39)45-42(50)52-23-26-14-10-7-11-15-26;1-8(10)11-7-9-5-3-2-4-6-9/h6-24,32,36-47,49-51,59-62H,4-5,25-31H2,1-3H3,(H,55,64)(H,56,63)(H,57,65)(H,58,66);6-19,24,27-40,46-48H,4-5,20-23,43H2,1-3H3,(H,44,49)(H,45,50);2-6H,7H2,1H3/t32-,36+,37-,38+,39+,40+,41-,42+,43-,44+,45+,46+,47+,49+,50+,51-;24-,27+,28-,29+,30+,31+,32+,33-,34+,35+,36+,37+,38+,39+,40-;/m00./s1. The smallest absolute Gasteiger partial charge is 0.408 e. The number of aliphatic hydroxyl groups excluding tert-OH is 7. The van der Waals surface area contributed by atoms with Crippen molar-refractivity contribution in [2.75, 3.05) is 19.8 Å². The fraction of sp³-hybridized carbons (Fsp3) is 0.514. The maximum Gasteiger partial charge on any atom is 0.408 e. The monoisotopic (exact) mass is 2010 g/mol. The minimum atomic E-state index is -1.65. The highest BCUT2D eigenvalue weighted by molar-refractivity contribution is 5.81. The predicted octanol–water partition coefficient (Wildman–Crippen LogP) is 8.43. The third kappa shape index (κ3) is 33.4. The second-order valence-corrected chi connectivity index (χ2v) is 36.1. The summed E-state index contributed by atoms with van der Waals surface area (Å²) in [6.45, 7) is 11.9. The Morgan fingerprint density at radius 1 is 0.347 bits per heavy atom. The molecule has 6 aliphatic heterocycles. The third-order valence-corrected chi connectivity index (χ3v) is 25.2. The first-order valence-corrected chi connectivity index (χ1v) is 48.9. The van der Waals surface area contributed by atoms with Crippen LogP contribution in [-0.4, -0.2) is 276 Å². The van der Waals surface area contributed by atoms with Crippen molar-refractivity contribution in [1.29, 1.82) is 0 Å². The van der Waals surface area contributed by atoms with E-state index >= 15 is 0 Å². The molecule has 15 N–H and O–H groups in total. The number of carbonyl (C=O) groups excluding carboxylic acids is 7. The summed E-state index contributed by atoms with van der Waals surface area (Å²) in [5.41, 5.74) is 11.4. The molecule has 6 aromatic carbocycles. The van der Waals surface area contributed by atoms with Crippen molar-refractivity contribution < 1.29 is 155 Å². The molecule has 2 saturated carbocycles. The number of nitrogens with two attached hydrogens (primary N) is 1. The Morgan fingerprint density at radius 3 is 0.924 bits per heavy atom. The molecule has 39 heteroatoms. The summed E-state index contributed by atoms with van der Waals surface area (Å²) in [6, 6.07) is 50.2. The van der Waals surface area contributed by atoms with Crippen molar-refractivity contribution in [3.05, 3.63) is 264 Å². The lowest BCUT2D eigenvalue weighted by molar-refractivity contribution is -0.287. The van der Waals surface area contributed by atoms with Crippen LogP contribution in [0.4, 0.5) is 24.0 Å². The van der Waals surface area contributed by atoms with Gasteiger partial charge in [0.25, 0.3) is 0 Å². The van der Waals surface area contributed by atoms with E-state index in [0.29, 0.717) is 38.7 Å². The number of hydrogen-bond donors (Lipinski definition) is 14. The quantitative estimate of drug-likeness (QED) is 0.00977. The molecule has 31 atom stereocenters. The molecule has 144 heavy (non-hydrogen) atoms. The van der Waals surface area contributed by atoms with E-state index < -0.39 is 221 Å². The van der Waals surface area contributed by atoms with Crippen LogP contribution in [0.5, 0.6) is 0 Å². The van der Waals surface area contributed by atoms with Crippen molar-refractivity contribution in [1.82, 2.24) is 31.9 Å². The molecule has 2 aliphatic carbocycles. The highest BCUT2D eigenvalue weighted by atomic mass is 16.8. The number of benzene rings is 6. The highest BCUT2D eigenvalue weighted by Crippen LogP contribution is 2.40. The lowest BCUT2D eigenvalue weighted by Crippen LogP contribution is -2.63. The Morgan fingerprint density at radius 2 is 0.625 bits per heavy atom. The molecule has 4 fully saturated rings. The SMILES string of the molecule is CC(=O)OCc1ccccc1.CC[C@H]1C=C[C@@H](NC(=O)OCc2ccccc2)[C@@H](O[C@H]2[C@@H](O)[C@H](O[C@@H]3[C@@H](O)[C@H](N)C[C@H](C)[C@H]3O[C@H]3O[C@H](CC)C=C[C@H]3NC(=O)OCc3ccccc3)O[C@@H]2CO)O1.CC[C@H]1C=C[C@@H](NC(=O)OCc2ccccc2)[C@@H](O[C@H]2[C@@H](O)[C@H](O[C@@H]3[C@@H](O)[C@H](NC(=O)[C@@H](O)CCNC(=O)OCc4ccccc4)C[C@H](C)[C@H]3O[C@H]3O[C@H](CC)C=C[C@H]3NC(=O)OCc3ccccc3)O[C@@H]2CO)O1. The third-order valence-electron chi connectivity index (χ3n) is 25.2. The minimum absolute atomic E-state index is 0.00106. The molecule has 39 nitrogen and oxygen atoms in total. The molecular formula is C105H137N7O32. The van der Waals surface area contributed by atoms with Gasteiger partial charge in [0.1, 0.15) is 125 Å². The van der Waals surface area contributed by atoms with Gasteiger partial charge in [0, 0.05) is 19.5 Å². The first kappa shape index (κ1) is 112. The molecule has 0 spiro atoms. The molecule has 0 unspecified atom stereocenters. The fourth-order valence-corrected chi connectivity index (χ4v) is 17.2. The molecule has 6 heterocycles. The lowest BCUT2D eigenvalue weighted by atomic mass is 9.80. The zero-order chi connectivity index (χ0) is 103. The summed E-state index contributed by atoms with van der Waals surface area (Å²) < 4.78 is 108. The van der Waals surface area contributed by atoms with Crippen LogP contribution < -0.4 is 37.6 Å². The Bertz CT molecular complexity index is 5010. The summed E-state index contributed by atoms with van der Waals surface area (Å²) in [5.74, 6) is -1.94. The van der Waals surface area contributed by atoms with E-state index in [4.69, 9.17) is 91.0 Å². The van der Waals surface area contributed by atoms with Gasteiger partial charge in [-0.05, 0) is 90.2 Å². The van der Waals surface area contributed by atoms with Crippen molar-refractivity contribution >= 4 is 42.3 Å². The van der Waals surface area contributed by atoms with E-state index in [2.05, 4.69) is 31.9 Å². The van der Waals surface area contributed by atoms with Gasteiger partial charge in [-0.15, -0.1) is 0 Å². The van der Waals surface area contributed by atoms with Gasteiger partial charge >= 0.3 is 36.4 Å². The molecule has 8 aliphatic rings. The summed E-state index contributed by atoms with van der Waals surface area (Å²) >= 11 is 0. The second kappa shape index (κ2) is 57.0. The van der Waals surface area contributed by atoms with Crippen molar-refractivity contribution in [2.45, 2.75) is 311 Å². The number of carbonyl (C=O) groups is 7. The van der Waals surface area contributed by atoms with Crippen molar-refractivity contribution in [3.63, 3.8) is 0 Å². The van der Waals surface area contributed by atoms with E-state index in [-0.39, 0.29) is 76.5 Å². The number of esters is 1. The number of ether oxygens (including phenoxy) is 18. The maximum atomic E-state index is 13.5.